The molecule has 2 aliphatic rings. The first-order chi connectivity index (χ1) is 13.1. The fourth-order valence-electron chi connectivity index (χ4n) is 4.01. The van der Waals surface area contributed by atoms with Crippen molar-refractivity contribution in [3.8, 4) is 0 Å². The highest BCUT2D eigenvalue weighted by molar-refractivity contribution is 5.92. The molecule has 2 fully saturated rings. The van der Waals surface area contributed by atoms with Crippen LogP contribution in [0.25, 0.3) is 0 Å². The summed E-state index contributed by atoms with van der Waals surface area (Å²) in [6.45, 7) is 6.22. The summed E-state index contributed by atoms with van der Waals surface area (Å²) in [6, 6.07) is 2.53. The van der Waals surface area contributed by atoms with Crippen molar-refractivity contribution in [2.24, 2.45) is 0 Å². The molecule has 0 saturated carbocycles. The first kappa shape index (κ1) is 19.7. The van der Waals surface area contributed by atoms with Gasteiger partial charge in [0.25, 0.3) is 5.91 Å². The zero-order valence-corrected chi connectivity index (χ0v) is 16.0. The molecule has 2 saturated heterocycles. The molecule has 2 amide bonds. The van der Waals surface area contributed by atoms with E-state index in [0.29, 0.717) is 24.3 Å². The van der Waals surface area contributed by atoms with Gasteiger partial charge in [-0.2, -0.15) is 0 Å². The number of nitrogens with one attached hydrogen (secondary N) is 1. The Kier molecular flexibility index (Phi) is 7.11. The average Bonchev–Trinajstić information content (AvgIpc) is 2.72. The van der Waals surface area contributed by atoms with E-state index in [9.17, 15) is 9.59 Å². The predicted octanol–water partition coefficient (Wildman–Crippen LogP) is 0.698. The molecule has 1 N–H and O–H groups in total. The smallest absolute Gasteiger partial charge is 0.270 e. The van der Waals surface area contributed by atoms with Crippen LogP contribution in [0.4, 0.5) is 0 Å². The largest absolute Gasteiger partial charge is 0.381 e. The van der Waals surface area contributed by atoms with Crippen LogP contribution in [0.3, 0.4) is 0 Å². The highest BCUT2D eigenvalue weighted by Crippen LogP contribution is 2.23. The van der Waals surface area contributed by atoms with Gasteiger partial charge < -0.3 is 15.0 Å². The van der Waals surface area contributed by atoms with Crippen LogP contribution in [0.1, 0.15) is 43.1 Å². The minimum Gasteiger partial charge on any atom is -0.381 e. The van der Waals surface area contributed by atoms with Crippen molar-refractivity contribution < 1.29 is 14.3 Å². The SMILES string of the molecule is CC(=O)N1CCC(N(CCNC(=O)c2ccncn2)C2CCOCC2)CC1. The number of rotatable bonds is 6. The molecule has 8 nitrogen and oxygen atoms in total. The van der Waals surface area contributed by atoms with Crippen LogP contribution >= 0.6 is 0 Å². The Morgan fingerprint density at radius 2 is 1.93 bits per heavy atom. The highest BCUT2D eigenvalue weighted by Gasteiger charge is 2.31. The summed E-state index contributed by atoms with van der Waals surface area (Å²) in [5.41, 5.74) is 0.386. The third-order valence-electron chi connectivity index (χ3n) is 5.51. The Balaban J connectivity index is 1.55. The third-order valence-corrected chi connectivity index (χ3v) is 5.51. The second-order valence-corrected chi connectivity index (χ2v) is 7.17. The third kappa shape index (κ3) is 5.46. The van der Waals surface area contributed by atoms with Crippen LogP contribution in [0, 0.1) is 0 Å². The van der Waals surface area contributed by atoms with E-state index in [-0.39, 0.29) is 11.8 Å². The summed E-state index contributed by atoms with van der Waals surface area (Å²) in [6.07, 6.45) is 6.96. The summed E-state index contributed by atoms with van der Waals surface area (Å²) in [5, 5.41) is 2.97. The van der Waals surface area contributed by atoms with Crippen molar-refractivity contribution in [1.29, 1.82) is 0 Å². The van der Waals surface area contributed by atoms with Gasteiger partial charge in [-0.15, -0.1) is 0 Å². The lowest BCUT2D eigenvalue weighted by molar-refractivity contribution is -0.130. The van der Waals surface area contributed by atoms with Gasteiger partial charge in [-0.25, -0.2) is 9.97 Å². The fourth-order valence-corrected chi connectivity index (χ4v) is 4.01. The number of likely N-dealkylation sites (tertiary alicyclic amines) is 1. The Hall–Kier alpha value is -2.06. The quantitative estimate of drug-likeness (QED) is 0.787. The maximum absolute atomic E-state index is 12.2. The summed E-state index contributed by atoms with van der Waals surface area (Å²) in [7, 11) is 0. The summed E-state index contributed by atoms with van der Waals surface area (Å²) in [4.78, 5) is 36.1. The van der Waals surface area contributed by atoms with Gasteiger partial charge in [0.2, 0.25) is 5.91 Å². The summed E-state index contributed by atoms with van der Waals surface area (Å²) in [5.74, 6) is -0.0149. The zero-order chi connectivity index (χ0) is 19.1. The molecule has 27 heavy (non-hydrogen) atoms. The van der Waals surface area contributed by atoms with Crippen molar-refractivity contribution in [1.82, 2.24) is 25.1 Å². The van der Waals surface area contributed by atoms with Gasteiger partial charge in [-0.3, -0.25) is 14.5 Å². The van der Waals surface area contributed by atoms with Gasteiger partial charge in [0.1, 0.15) is 12.0 Å². The van der Waals surface area contributed by atoms with Crippen molar-refractivity contribution in [2.45, 2.75) is 44.7 Å². The van der Waals surface area contributed by atoms with Crippen LogP contribution in [0.2, 0.25) is 0 Å². The Morgan fingerprint density at radius 1 is 1.22 bits per heavy atom. The number of carbonyl (C=O) groups excluding carboxylic acids is 2. The maximum atomic E-state index is 12.2. The second-order valence-electron chi connectivity index (χ2n) is 7.17. The van der Waals surface area contributed by atoms with E-state index >= 15 is 0 Å². The van der Waals surface area contributed by atoms with E-state index < -0.39 is 0 Å². The van der Waals surface area contributed by atoms with E-state index in [0.717, 1.165) is 58.5 Å². The van der Waals surface area contributed by atoms with Gasteiger partial charge in [-0.05, 0) is 31.7 Å². The molecule has 0 aromatic carbocycles. The Morgan fingerprint density at radius 3 is 2.56 bits per heavy atom. The molecule has 148 valence electrons. The maximum Gasteiger partial charge on any atom is 0.270 e. The summed E-state index contributed by atoms with van der Waals surface area (Å²) < 4.78 is 5.52. The van der Waals surface area contributed by atoms with Crippen molar-refractivity contribution >= 4 is 11.8 Å². The van der Waals surface area contributed by atoms with Crippen molar-refractivity contribution in [3.63, 3.8) is 0 Å². The predicted molar refractivity (Wildman–Crippen MR) is 100 cm³/mol. The lowest BCUT2D eigenvalue weighted by Gasteiger charge is -2.43. The number of hydrogen-bond acceptors (Lipinski definition) is 6. The highest BCUT2D eigenvalue weighted by atomic mass is 16.5. The van der Waals surface area contributed by atoms with E-state index in [2.05, 4.69) is 20.2 Å². The molecule has 0 spiro atoms. The number of nitrogens with zero attached hydrogens (tertiary/aromatic N) is 4. The molecule has 3 rings (SSSR count). The number of ether oxygens (including phenoxy) is 1. The van der Waals surface area contributed by atoms with Crippen molar-refractivity contribution in [2.75, 3.05) is 39.4 Å². The number of carbonyl (C=O) groups is 2. The molecule has 0 aliphatic carbocycles. The lowest BCUT2D eigenvalue weighted by atomic mass is 9.98. The van der Waals surface area contributed by atoms with Gasteiger partial charge in [0.15, 0.2) is 0 Å². The molecule has 1 aromatic heterocycles. The second kappa shape index (κ2) is 9.75. The van der Waals surface area contributed by atoms with Crippen LogP contribution in [0.5, 0.6) is 0 Å². The van der Waals surface area contributed by atoms with Gasteiger partial charge in [0.05, 0.1) is 0 Å². The standard InChI is InChI=1S/C19H29N5O3/c1-15(25)23-9-3-16(4-10-23)24(17-5-12-27-13-6-17)11-8-21-19(26)18-2-7-20-14-22-18/h2,7,14,16-17H,3-6,8-13H2,1H3,(H,21,26). The van der Waals surface area contributed by atoms with E-state index in [1.807, 2.05) is 4.90 Å². The number of aromatic nitrogens is 2. The molecular weight excluding hydrogens is 346 g/mol. The van der Waals surface area contributed by atoms with Gasteiger partial charge >= 0.3 is 0 Å². The number of amides is 2. The fraction of sp³-hybridized carbons (Fsp3) is 0.684. The Labute approximate surface area is 160 Å². The monoisotopic (exact) mass is 375 g/mol. The molecule has 0 atom stereocenters. The van der Waals surface area contributed by atoms with Crippen LogP contribution in [-0.4, -0.2) is 83.1 Å². The van der Waals surface area contributed by atoms with Gasteiger partial charge in [-0.1, -0.05) is 0 Å². The lowest BCUT2D eigenvalue weighted by Crippen LogP contribution is -2.53. The van der Waals surface area contributed by atoms with E-state index in [1.54, 1.807) is 19.2 Å². The molecule has 0 bridgehead atoms. The van der Waals surface area contributed by atoms with E-state index in [1.165, 1.54) is 6.33 Å². The molecule has 0 radical (unpaired) electrons. The topological polar surface area (TPSA) is 87.7 Å². The molecule has 8 heteroatoms. The molecule has 0 unspecified atom stereocenters. The first-order valence-corrected chi connectivity index (χ1v) is 9.78. The van der Waals surface area contributed by atoms with E-state index in [4.69, 9.17) is 4.74 Å². The van der Waals surface area contributed by atoms with Gasteiger partial charge in [0, 0.05) is 64.6 Å². The Bertz CT molecular complexity index is 613. The molecule has 2 aliphatic heterocycles. The minimum absolute atomic E-state index is 0.156. The van der Waals surface area contributed by atoms with Crippen LogP contribution < -0.4 is 5.32 Å². The number of piperidine rings is 1. The zero-order valence-electron chi connectivity index (χ0n) is 16.0. The molecule has 3 heterocycles. The van der Waals surface area contributed by atoms with Crippen LogP contribution in [-0.2, 0) is 9.53 Å². The summed E-state index contributed by atoms with van der Waals surface area (Å²) >= 11 is 0. The van der Waals surface area contributed by atoms with Crippen molar-refractivity contribution in [3.05, 3.63) is 24.3 Å². The minimum atomic E-state index is -0.171. The molecular formula is C19H29N5O3. The van der Waals surface area contributed by atoms with Crippen LogP contribution in [0.15, 0.2) is 18.6 Å². The average molecular weight is 375 g/mol. The molecule has 1 aromatic rings. The normalized spacial score (nSPS) is 19.3. The number of hydrogen-bond donors (Lipinski definition) is 1. The first-order valence-electron chi connectivity index (χ1n) is 9.78.